The van der Waals surface area contributed by atoms with Crippen LogP contribution in [0.25, 0.3) is 0 Å². The molecule has 0 aliphatic heterocycles. The van der Waals surface area contributed by atoms with Crippen LogP contribution in [-0.2, 0) is 7.05 Å². The summed E-state index contributed by atoms with van der Waals surface area (Å²) in [6, 6.07) is 0.637. The predicted molar refractivity (Wildman–Crippen MR) is 72.0 cm³/mol. The molecule has 1 N–H and O–H groups in total. The van der Waals surface area contributed by atoms with Gasteiger partial charge in [-0.3, -0.25) is 4.68 Å². The predicted octanol–water partition coefficient (Wildman–Crippen LogP) is 3.44. The van der Waals surface area contributed by atoms with Gasteiger partial charge in [-0.1, -0.05) is 20.8 Å². The summed E-state index contributed by atoms with van der Waals surface area (Å²) in [5.74, 6) is 0.884. The second-order valence-electron chi connectivity index (χ2n) is 6.46. The molecule has 1 heterocycles. The molecule has 0 spiro atoms. The van der Waals surface area contributed by atoms with Gasteiger partial charge in [0.15, 0.2) is 0 Å². The van der Waals surface area contributed by atoms with E-state index in [0.29, 0.717) is 11.5 Å². The maximum absolute atomic E-state index is 4.19. The largest absolute Gasteiger partial charge is 0.380 e. The molecule has 2 rings (SSSR count). The van der Waals surface area contributed by atoms with Crippen molar-refractivity contribution in [2.75, 3.05) is 5.32 Å². The quantitative estimate of drug-likeness (QED) is 0.851. The molecule has 1 aliphatic carbocycles. The Morgan fingerprint density at radius 3 is 2.35 bits per heavy atom. The highest BCUT2D eigenvalue weighted by molar-refractivity contribution is 5.39. The summed E-state index contributed by atoms with van der Waals surface area (Å²) in [4.78, 5) is 0. The third-order valence-corrected chi connectivity index (χ3v) is 4.03. The molecule has 1 fully saturated rings. The van der Waals surface area contributed by atoms with Crippen molar-refractivity contribution in [3.63, 3.8) is 0 Å². The summed E-state index contributed by atoms with van der Waals surface area (Å²) < 4.78 is 1.85. The van der Waals surface area contributed by atoms with Crippen LogP contribution in [0.4, 0.5) is 5.69 Å². The lowest BCUT2D eigenvalue weighted by Crippen LogP contribution is -2.31. The topological polar surface area (TPSA) is 29.9 Å². The highest BCUT2D eigenvalue weighted by atomic mass is 15.3. The van der Waals surface area contributed by atoms with E-state index in [1.807, 2.05) is 17.9 Å². The highest BCUT2D eigenvalue weighted by Gasteiger charge is 2.29. The second kappa shape index (κ2) is 4.71. The molecular weight excluding hydrogens is 210 g/mol. The average molecular weight is 235 g/mol. The fourth-order valence-corrected chi connectivity index (χ4v) is 2.84. The van der Waals surface area contributed by atoms with Crippen molar-refractivity contribution in [2.24, 2.45) is 18.4 Å². The van der Waals surface area contributed by atoms with Gasteiger partial charge in [0.1, 0.15) is 0 Å². The summed E-state index contributed by atoms with van der Waals surface area (Å²) >= 11 is 0. The molecule has 0 saturated heterocycles. The minimum atomic E-state index is 0.472. The lowest BCUT2D eigenvalue weighted by atomic mass is 9.71. The SMILES string of the molecule is Cn1cc(NC2CCC(C(C)(C)C)CC2)cn1. The molecule has 0 atom stereocenters. The Morgan fingerprint density at radius 2 is 1.88 bits per heavy atom. The number of hydrogen-bond donors (Lipinski definition) is 1. The van der Waals surface area contributed by atoms with Crippen molar-refractivity contribution in [1.82, 2.24) is 9.78 Å². The minimum Gasteiger partial charge on any atom is -0.380 e. The monoisotopic (exact) mass is 235 g/mol. The van der Waals surface area contributed by atoms with Gasteiger partial charge in [-0.2, -0.15) is 5.10 Å². The molecule has 0 aromatic carbocycles. The van der Waals surface area contributed by atoms with Gasteiger partial charge in [-0.25, -0.2) is 0 Å². The Kier molecular flexibility index (Phi) is 3.45. The van der Waals surface area contributed by atoms with Gasteiger partial charge in [0.2, 0.25) is 0 Å². The molecule has 3 heteroatoms. The second-order valence-corrected chi connectivity index (χ2v) is 6.46. The van der Waals surface area contributed by atoms with Gasteiger partial charge in [0.05, 0.1) is 11.9 Å². The van der Waals surface area contributed by atoms with E-state index < -0.39 is 0 Å². The first-order chi connectivity index (χ1) is 7.95. The van der Waals surface area contributed by atoms with E-state index in [9.17, 15) is 0 Å². The molecule has 0 bridgehead atoms. The molecule has 1 saturated carbocycles. The van der Waals surface area contributed by atoms with Gasteiger partial charge in [0.25, 0.3) is 0 Å². The molecule has 0 unspecified atom stereocenters. The molecule has 96 valence electrons. The number of nitrogens with one attached hydrogen (secondary N) is 1. The number of anilines is 1. The molecular formula is C14H25N3. The van der Waals surface area contributed by atoms with Crippen LogP contribution in [0.1, 0.15) is 46.5 Å². The fourth-order valence-electron chi connectivity index (χ4n) is 2.84. The molecule has 17 heavy (non-hydrogen) atoms. The number of nitrogens with zero attached hydrogens (tertiary/aromatic N) is 2. The number of aryl methyl sites for hydroxylation is 1. The van der Waals surface area contributed by atoms with E-state index in [1.165, 1.54) is 25.7 Å². The van der Waals surface area contributed by atoms with E-state index in [4.69, 9.17) is 0 Å². The smallest absolute Gasteiger partial charge is 0.0728 e. The summed E-state index contributed by atoms with van der Waals surface area (Å²) in [7, 11) is 1.96. The van der Waals surface area contributed by atoms with E-state index >= 15 is 0 Å². The third-order valence-electron chi connectivity index (χ3n) is 4.03. The van der Waals surface area contributed by atoms with Crippen LogP contribution in [0.15, 0.2) is 12.4 Å². The lowest BCUT2D eigenvalue weighted by Gasteiger charge is -2.37. The Bertz CT molecular complexity index is 354. The molecule has 1 aliphatic rings. The van der Waals surface area contributed by atoms with Crippen LogP contribution < -0.4 is 5.32 Å². The Labute approximate surface area is 105 Å². The maximum atomic E-state index is 4.19. The fraction of sp³-hybridized carbons (Fsp3) is 0.786. The van der Waals surface area contributed by atoms with Crippen molar-refractivity contribution < 1.29 is 0 Å². The average Bonchev–Trinajstić information content (AvgIpc) is 2.63. The molecule has 0 amide bonds. The van der Waals surface area contributed by atoms with Crippen LogP contribution in [-0.4, -0.2) is 15.8 Å². The van der Waals surface area contributed by atoms with E-state index in [2.05, 4.69) is 37.4 Å². The first-order valence-corrected chi connectivity index (χ1v) is 6.70. The van der Waals surface area contributed by atoms with Crippen LogP contribution in [0, 0.1) is 11.3 Å². The summed E-state index contributed by atoms with van der Waals surface area (Å²) in [6.45, 7) is 7.10. The minimum absolute atomic E-state index is 0.472. The Morgan fingerprint density at radius 1 is 1.24 bits per heavy atom. The zero-order valence-corrected chi connectivity index (χ0v) is 11.5. The highest BCUT2D eigenvalue weighted by Crippen LogP contribution is 2.38. The van der Waals surface area contributed by atoms with Gasteiger partial charge in [0, 0.05) is 19.3 Å². The van der Waals surface area contributed by atoms with Gasteiger partial charge >= 0.3 is 0 Å². The Hall–Kier alpha value is -0.990. The molecule has 1 aromatic rings. The van der Waals surface area contributed by atoms with E-state index in [1.54, 1.807) is 0 Å². The van der Waals surface area contributed by atoms with Crippen molar-refractivity contribution >= 4 is 5.69 Å². The first kappa shape index (κ1) is 12.5. The first-order valence-electron chi connectivity index (χ1n) is 6.70. The van der Waals surface area contributed by atoms with E-state index in [-0.39, 0.29) is 0 Å². The number of aromatic nitrogens is 2. The number of rotatable bonds is 2. The van der Waals surface area contributed by atoms with Crippen molar-refractivity contribution in [1.29, 1.82) is 0 Å². The van der Waals surface area contributed by atoms with Crippen LogP contribution in [0.5, 0.6) is 0 Å². The molecule has 3 nitrogen and oxygen atoms in total. The van der Waals surface area contributed by atoms with Crippen LogP contribution in [0.2, 0.25) is 0 Å². The van der Waals surface area contributed by atoms with Gasteiger partial charge in [-0.05, 0) is 37.0 Å². The van der Waals surface area contributed by atoms with Crippen molar-refractivity contribution in [2.45, 2.75) is 52.5 Å². The maximum Gasteiger partial charge on any atom is 0.0728 e. The zero-order chi connectivity index (χ0) is 12.5. The lowest BCUT2D eigenvalue weighted by molar-refractivity contribution is 0.173. The van der Waals surface area contributed by atoms with Crippen LogP contribution in [0.3, 0.4) is 0 Å². The summed E-state index contributed by atoms with van der Waals surface area (Å²) in [5.41, 5.74) is 1.63. The van der Waals surface area contributed by atoms with Crippen molar-refractivity contribution in [3.8, 4) is 0 Å². The number of hydrogen-bond acceptors (Lipinski definition) is 2. The standard InChI is InChI=1S/C14H25N3/c1-14(2,3)11-5-7-12(8-6-11)16-13-9-15-17(4)10-13/h9-12,16H,5-8H2,1-4H3. The summed E-state index contributed by atoms with van der Waals surface area (Å²) in [6.07, 6.45) is 9.24. The Balaban J connectivity index is 1.83. The van der Waals surface area contributed by atoms with Gasteiger partial charge < -0.3 is 5.32 Å². The van der Waals surface area contributed by atoms with Crippen molar-refractivity contribution in [3.05, 3.63) is 12.4 Å². The molecule has 1 aromatic heterocycles. The zero-order valence-electron chi connectivity index (χ0n) is 11.5. The molecule has 0 radical (unpaired) electrons. The normalized spacial score (nSPS) is 25.9. The summed E-state index contributed by atoms with van der Waals surface area (Å²) in [5, 5.41) is 7.78. The third kappa shape index (κ3) is 3.24. The van der Waals surface area contributed by atoms with Crippen LogP contribution >= 0.6 is 0 Å². The van der Waals surface area contributed by atoms with E-state index in [0.717, 1.165) is 11.6 Å². The van der Waals surface area contributed by atoms with Gasteiger partial charge in [-0.15, -0.1) is 0 Å².